The van der Waals surface area contributed by atoms with Crippen LogP contribution >= 0.6 is 11.6 Å². The molecule has 6 heteroatoms. The fraction of sp³-hybridized carbons (Fsp3) is 0.364. The van der Waals surface area contributed by atoms with Crippen LogP contribution in [-0.4, -0.2) is 42.4 Å². The van der Waals surface area contributed by atoms with Crippen LogP contribution in [-0.2, 0) is 4.74 Å². The molecule has 0 bridgehead atoms. The summed E-state index contributed by atoms with van der Waals surface area (Å²) in [7, 11) is 0. The second-order valence-electron chi connectivity index (χ2n) is 7.01. The number of para-hydroxylation sites is 1. The first-order chi connectivity index (χ1) is 13.8. The number of ether oxygens (including phenoxy) is 2. The minimum Gasteiger partial charge on any atom is -0.471 e. The molecule has 2 aliphatic rings. The van der Waals surface area contributed by atoms with E-state index in [4.69, 9.17) is 21.1 Å². The van der Waals surface area contributed by atoms with Gasteiger partial charge in [0.2, 0.25) is 5.88 Å². The maximum Gasteiger partial charge on any atom is 0.217 e. The average molecular weight is 398 g/mol. The van der Waals surface area contributed by atoms with Gasteiger partial charge in [-0.25, -0.2) is 9.97 Å². The van der Waals surface area contributed by atoms with E-state index in [1.807, 2.05) is 42.6 Å². The van der Waals surface area contributed by atoms with Crippen molar-refractivity contribution in [3.63, 3.8) is 0 Å². The van der Waals surface area contributed by atoms with Crippen LogP contribution in [0.4, 0.5) is 0 Å². The van der Waals surface area contributed by atoms with E-state index < -0.39 is 0 Å². The highest BCUT2D eigenvalue weighted by atomic mass is 35.5. The first-order valence-corrected chi connectivity index (χ1v) is 10.1. The van der Waals surface area contributed by atoms with Crippen LogP contribution in [0.15, 0.2) is 54.7 Å². The molecule has 5 nitrogen and oxygen atoms in total. The van der Waals surface area contributed by atoms with Crippen molar-refractivity contribution in [3.05, 3.63) is 65.4 Å². The molecular formula is C22H24ClN3O2. The molecule has 146 valence electrons. The largest absolute Gasteiger partial charge is 0.471 e. The summed E-state index contributed by atoms with van der Waals surface area (Å²) in [5, 5.41) is 4.87. The molecule has 0 atom stereocenters. The Labute approximate surface area is 170 Å². The fourth-order valence-corrected chi connectivity index (χ4v) is 3.52. The van der Waals surface area contributed by atoms with Gasteiger partial charge in [0.1, 0.15) is 11.3 Å². The molecule has 0 spiro atoms. The summed E-state index contributed by atoms with van der Waals surface area (Å²) in [5.41, 5.74) is 2.20. The van der Waals surface area contributed by atoms with Gasteiger partial charge in [0.25, 0.3) is 0 Å². The van der Waals surface area contributed by atoms with Crippen LogP contribution in [0.25, 0.3) is 10.9 Å². The molecule has 2 aliphatic heterocycles. The van der Waals surface area contributed by atoms with Crippen molar-refractivity contribution in [1.29, 1.82) is 0 Å². The van der Waals surface area contributed by atoms with E-state index in [9.17, 15) is 0 Å². The molecule has 28 heavy (non-hydrogen) atoms. The Morgan fingerprint density at radius 3 is 2.61 bits per heavy atom. The predicted molar refractivity (Wildman–Crippen MR) is 111 cm³/mol. The zero-order chi connectivity index (χ0) is 19.2. The number of benzene rings is 1. The molecule has 1 aromatic carbocycles. The number of halogens is 1. The van der Waals surface area contributed by atoms with Gasteiger partial charge in [-0.05, 0) is 43.0 Å². The molecule has 1 N–H and O–H groups in total. The Kier molecular flexibility index (Phi) is 6.37. The van der Waals surface area contributed by atoms with Crippen molar-refractivity contribution in [1.82, 2.24) is 15.3 Å². The van der Waals surface area contributed by atoms with Gasteiger partial charge in [0.05, 0.1) is 5.52 Å². The number of hydrogen-bond acceptors (Lipinski definition) is 5. The summed E-state index contributed by atoms with van der Waals surface area (Å²) in [6, 6.07) is 15.8. The molecule has 0 aliphatic carbocycles. The summed E-state index contributed by atoms with van der Waals surface area (Å²) in [6.07, 6.45) is 4.25. The number of pyridine rings is 2. The average Bonchev–Trinajstić information content (AvgIpc) is 2.72. The van der Waals surface area contributed by atoms with E-state index in [2.05, 4.69) is 21.4 Å². The molecule has 3 aromatic rings. The fourth-order valence-electron chi connectivity index (χ4n) is 3.37. The van der Waals surface area contributed by atoms with E-state index in [-0.39, 0.29) is 0 Å². The lowest BCUT2D eigenvalue weighted by Crippen LogP contribution is -2.50. The Bertz CT molecular complexity index is 911. The van der Waals surface area contributed by atoms with Gasteiger partial charge in [-0.15, -0.1) is 0 Å². The molecular weight excluding hydrogens is 374 g/mol. The van der Waals surface area contributed by atoms with Crippen LogP contribution in [0.3, 0.4) is 0 Å². The summed E-state index contributed by atoms with van der Waals surface area (Å²) >= 11 is 5.71. The third-order valence-corrected chi connectivity index (χ3v) is 5.26. The standard InChI is InChI=1S/C13H18N2O2.C9H6ClN/c1-2-12(10-3-6-16-7-4-10)13(15-5-1)17-11-8-14-9-11;10-9-6-5-7-3-1-2-4-8(7)11-9/h1-2,5,10-11,14H,3-4,6-9H2;1-6H. The van der Waals surface area contributed by atoms with Gasteiger partial charge in [-0.1, -0.05) is 35.9 Å². The molecule has 2 fully saturated rings. The number of nitrogens with one attached hydrogen (secondary N) is 1. The summed E-state index contributed by atoms with van der Waals surface area (Å²) < 4.78 is 11.3. The van der Waals surface area contributed by atoms with E-state index in [0.29, 0.717) is 17.2 Å². The SMILES string of the molecule is Clc1ccc2ccccc2n1.c1cnc(OC2CNC2)c(C2CCOCC2)c1. The van der Waals surface area contributed by atoms with Gasteiger partial charge < -0.3 is 14.8 Å². The van der Waals surface area contributed by atoms with Crippen molar-refractivity contribution >= 4 is 22.5 Å². The minimum atomic E-state index is 0.295. The number of hydrogen-bond donors (Lipinski definition) is 1. The molecule has 5 rings (SSSR count). The zero-order valence-corrected chi connectivity index (χ0v) is 16.4. The molecule has 2 saturated heterocycles. The first kappa shape index (κ1) is 19.1. The van der Waals surface area contributed by atoms with E-state index >= 15 is 0 Å². The van der Waals surface area contributed by atoms with Crippen LogP contribution < -0.4 is 10.1 Å². The molecule has 0 amide bonds. The van der Waals surface area contributed by atoms with Crippen molar-refractivity contribution < 1.29 is 9.47 Å². The normalized spacial score (nSPS) is 17.5. The summed E-state index contributed by atoms with van der Waals surface area (Å²) in [4.78, 5) is 8.53. The molecule has 2 aromatic heterocycles. The summed E-state index contributed by atoms with van der Waals surface area (Å²) in [5.74, 6) is 1.37. The highest BCUT2D eigenvalue weighted by Crippen LogP contribution is 2.32. The molecule has 0 unspecified atom stereocenters. The lowest BCUT2D eigenvalue weighted by molar-refractivity contribution is 0.0825. The van der Waals surface area contributed by atoms with Gasteiger partial charge >= 0.3 is 0 Å². The Morgan fingerprint density at radius 2 is 1.82 bits per heavy atom. The third-order valence-electron chi connectivity index (χ3n) is 5.05. The van der Waals surface area contributed by atoms with Crippen molar-refractivity contribution in [3.8, 4) is 5.88 Å². The van der Waals surface area contributed by atoms with Crippen LogP contribution in [0.5, 0.6) is 5.88 Å². The van der Waals surface area contributed by atoms with E-state index in [0.717, 1.165) is 55.9 Å². The minimum absolute atomic E-state index is 0.295. The lowest BCUT2D eigenvalue weighted by atomic mass is 9.92. The smallest absolute Gasteiger partial charge is 0.217 e. The molecule has 0 radical (unpaired) electrons. The Balaban J connectivity index is 0.000000151. The predicted octanol–water partition coefficient (Wildman–Crippen LogP) is 4.21. The molecule has 4 heterocycles. The zero-order valence-electron chi connectivity index (χ0n) is 15.7. The van der Waals surface area contributed by atoms with Crippen molar-refractivity contribution in [2.45, 2.75) is 24.9 Å². The number of rotatable bonds is 3. The number of aromatic nitrogens is 2. The van der Waals surface area contributed by atoms with Gasteiger partial charge in [-0.2, -0.15) is 0 Å². The van der Waals surface area contributed by atoms with Crippen LogP contribution in [0.2, 0.25) is 5.15 Å². The quantitative estimate of drug-likeness (QED) is 0.671. The Hall–Kier alpha value is -2.21. The third kappa shape index (κ3) is 4.79. The maximum absolute atomic E-state index is 5.92. The van der Waals surface area contributed by atoms with Gasteiger partial charge in [0.15, 0.2) is 0 Å². The number of fused-ring (bicyclic) bond motifs is 1. The number of nitrogens with zero attached hydrogens (tertiary/aromatic N) is 2. The van der Waals surface area contributed by atoms with Crippen molar-refractivity contribution in [2.75, 3.05) is 26.3 Å². The molecule has 0 saturated carbocycles. The van der Waals surface area contributed by atoms with Gasteiger partial charge in [-0.3, -0.25) is 0 Å². The second-order valence-corrected chi connectivity index (χ2v) is 7.40. The highest BCUT2D eigenvalue weighted by Gasteiger charge is 2.24. The lowest BCUT2D eigenvalue weighted by Gasteiger charge is -2.30. The van der Waals surface area contributed by atoms with Gasteiger partial charge in [0, 0.05) is 43.4 Å². The summed E-state index contributed by atoms with van der Waals surface area (Å²) in [6.45, 7) is 3.57. The highest BCUT2D eigenvalue weighted by molar-refractivity contribution is 6.29. The second kappa shape index (κ2) is 9.32. The van der Waals surface area contributed by atoms with Crippen LogP contribution in [0, 0.1) is 0 Å². The maximum atomic E-state index is 5.92. The van der Waals surface area contributed by atoms with E-state index in [1.165, 1.54) is 5.56 Å². The monoisotopic (exact) mass is 397 g/mol. The Morgan fingerprint density at radius 1 is 1.00 bits per heavy atom. The van der Waals surface area contributed by atoms with E-state index in [1.54, 1.807) is 6.07 Å². The topological polar surface area (TPSA) is 56.3 Å². The van der Waals surface area contributed by atoms with Crippen molar-refractivity contribution in [2.24, 2.45) is 0 Å². The van der Waals surface area contributed by atoms with Crippen LogP contribution in [0.1, 0.15) is 24.3 Å². The first-order valence-electron chi connectivity index (χ1n) is 9.71.